The average molecular weight is 269 g/mol. The van der Waals surface area contributed by atoms with Crippen LogP contribution in [0.4, 0.5) is 10.1 Å². The molecule has 0 saturated heterocycles. The maximum atomic E-state index is 13.1. The van der Waals surface area contributed by atoms with Gasteiger partial charge in [0.1, 0.15) is 11.9 Å². The van der Waals surface area contributed by atoms with E-state index in [1.807, 2.05) is 26.0 Å². The fourth-order valence-electron chi connectivity index (χ4n) is 2.14. The van der Waals surface area contributed by atoms with E-state index < -0.39 is 0 Å². The fraction of sp³-hybridized carbons (Fsp3) is 0.250. The molecule has 0 bridgehead atoms. The smallest absolute Gasteiger partial charge is 0.123 e. The molecule has 0 aliphatic heterocycles. The van der Waals surface area contributed by atoms with Gasteiger partial charge in [-0.25, -0.2) is 4.39 Å². The van der Waals surface area contributed by atoms with Gasteiger partial charge >= 0.3 is 0 Å². The SMILES string of the molecule is Cc1cc(NCCc2cccc(F)c2)c(C#N)c(C)n1. The number of pyridine rings is 1. The van der Waals surface area contributed by atoms with E-state index in [1.54, 1.807) is 6.07 Å². The van der Waals surface area contributed by atoms with Crippen LogP contribution < -0.4 is 5.32 Å². The molecule has 20 heavy (non-hydrogen) atoms. The molecule has 0 aliphatic carbocycles. The Morgan fingerprint density at radius 3 is 2.80 bits per heavy atom. The fourth-order valence-corrected chi connectivity index (χ4v) is 2.14. The maximum Gasteiger partial charge on any atom is 0.123 e. The van der Waals surface area contributed by atoms with Gasteiger partial charge in [0, 0.05) is 12.2 Å². The van der Waals surface area contributed by atoms with Crippen LogP contribution in [0.25, 0.3) is 0 Å². The van der Waals surface area contributed by atoms with E-state index in [2.05, 4.69) is 16.4 Å². The highest BCUT2D eigenvalue weighted by molar-refractivity contribution is 5.59. The van der Waals surface area contributed by atoms with Crippen molar-refractivity contribution in [3.63, 3.8) is 0 Å². The van der Waals surface area contributed by atoms with Gasteiger partial charge in [0.25, 0.3) is 0 Å². The first kappa shape index (κ1) is 14.0. The van der Waals surface area contributed by atoms with Crippen molar-refractivity contribution in [1.82, 2.24) is 4.98 Å². The molecule has 0 aliphatic rings. The third-order valence-electron chi connectivity index (χ3n) is 3.06. The first-order chi connectivity index (χ1) is 9.60. The van der Waals surface area contributed by atoms with Crippen molar-refractivity contribution in [3.05, 3.63) is 58.7 Å². The van der Waals surface area contributed by atoms with E-state index in [0.29, 0.717) is 18.5 Å². The Hall–Kier alpha value is -2.41. The summed E-state index contributed by atoms with van der Waals surface area (Å²) in [5.41, 5.74) is 3.87. The number of nitrogens with one attached hydrogen (secondary N) is 1. The summed E-state index contributed by atoms with van der Waals surface area (Å²) in [7, 11) is 0. The van der Waals surface area contributed by atoms with E-state index in [4.69, 9.17) is 5.26 Å². The van der Waals surface area contributed by atoms with Crippen LogP contribution in [0.1, 0.15) is 22.5 Å². The van der Waals surface area contributed by atoms with Crippen LogP contribution in [0.15, 0.2) is 30.3 Å². The van der Waals surface area contributed by atoms with E-state index in [9.17, 15) is 4.39 Å². The lowest BCUT2D eigenvalue weighted by Gasteiger charge is -2.11. The molecule has 0 unspecified atom stereocenters. The molecule has 0 radical (unpaired) electrons. The summed E-state index contributed by atoms with van der Waals surface area (Å²) in [6.45, 7) is 4.36. The van der Waals surface area contributed by atoms with E-state index in [1.165, 1.54) is 12.1 Å². The summed E-state index contributed by atoms with van der Waals surface area (Å²) in [6, 6.07) is 10.6. The summed E-state index contributed by atoms with van der Waals surface area (Å²) in [5, 5.41) is 12.4. The minimum absolute atomic E-state index is 0.226. The third kappa shape index (κ3) is 3.33. The van der Waals surface area contributed by atoms with Gasteiger partial charge in [-0.05, 0) is 44.0 Å². The molecule has 0 spiro atoms. The minimum atomic E-state index is -0.226. The minimum Gasteiger partial charge on any atom is -0.384 e. The molecule has 2 aromatic rings. The largest absolute Gasteiger partial charge is 0.384 e. The van der Waals surface area contributed by atoms with Crippen LogP contribution in [0.2, 0.25) is 0 Å². The van der Waals surface area contributed by atoms with Crippen LogP contribution in [0.5, 0.6) is 0 Å². The molecule has 1 N–H and O–H groups in total. The molecule has 4 heteroatoms. The predicted molar refractivity (Wildman–Crippen MR) is 77.0 cm³/mol. The van der Waals surface area contributed by atoms with Crippen molar-refractivity contribution < 1.29 is 4.39 Å². The molecule has 0 amide bonds. The van der Waals surface area contributed by atoms with Crippen molar-refractivity contribution in [2.24, 2.45) is 0 Å². The summed E-state index contributed by atoms with van der Waals surface area (Å²) in [6.07, 6.45) is 0.697. The van der Waals surface area contributed by atoms with Gasteiger partial charge in [-0.2, -0.15) is 5.26 Å². The lowest BCUT2D eigenvalue weighted by Crippen LogP contribution is -2.08. The highest BCUT2D eigenvalue weighted by atomic mass is 19.1. The lowest BCUT2D eigenvalue weighted by molar-refractivity contribution is 0.625. The van der Waals surface area contributed by atoms with Gasteiger partial charge in [-0.1, -0.05) is 12.1 Å². The molecular formula is C16H16FN3. The number of aromatic nitrogens is 1. The first-order valence-corrected chi connectivity index (χ1v) is 6.47. The molecule has 3 nitrogen and oxygen atoms in total. The summed E-state index contributed by atoms with van der Waals surface area (Å²) >= 11 is 0. The number of nitriles is 1. The molecule has 0 atom stereocenters. The van der Waals surface area contributed by atoms with Crippen LogP contribution in [-0.4, -0.2) is 11.5 Å². The molecule has 1 aromatic carbocycles. The number of hydrogen-bond acceptors (Lipinski definition) is 3. The van der Waals surface area contributed by atoms with Gasteiger partial charge in [0.05, 0.1) is 16.9 Å². The lowest BCUT2D eigenvalue weighted by atomic mass is 10.1. The quantitative estimate of drug-likeness (QED) is 0.925. The summed E-state index contributed by atoms with van der Waals surface area (Å²) in [4.78, 5) is 4.27. The highest BCUT2D eigenvalue weighted by Gasteiger charge is 2.07. The standard InChI is InChI=1S/C16H16FN3/c1-11-8-16(15(10-18)12(2)20-11)19-7-6-13-4-3-5-14(17)9-13/h3-5,8-9H,6-7H2,1-2H3,(H,19,20). The van der Waals surface area contributed by atoms with Gasteiger partial charge in [0.15, 0.2) is 0 Å². The van der Waals surface area contributed by atoms with E-state index in [0.717, 1.165) is 22.6 Å². The monoisotopic (exact) mass is 269 g/mol. The van der Waals surface area contributed by atoms with Gasteiger partial charge < -0.3 is 5.32 Å². The average Bonchev–Trinajstić information content (AvgIpc) is 2.38. The Balaban J connectivity index is 2.06. The molecule has 102 valence electrons. The number of anilines is 1. The van der Waals surface area contributed by atoms with Crippen LogP contribution in [-0.2, 0) is 6.42 Å². The van der Waals surface area contributed by atoms with Gasteiger partial charge in [0.2, 0.25) is 0 Å². The van der Waals surface area contributed by atoms with E-state index in [-0.39, 0.29) is 5.82 Å². The summed E-state index contributed by atoms with van der Waals surface area (Å²) < 4.78 is 13.1. The summed E-state index contributed by atoms with van der Waals surface area (Å²) in [5.74, 6) is -0.226. The number of hydrogen-bond donors (Lipinski definition) is 1. The molecule has 0 saturated carbocycles. The molecule has 1 aromatic heterocycles. The zero-order chi connectivity index (χ0) is 14.5. The number of rotatable bonds is 4. The second-order valence-electron chi connectivity index (χ2n) is 4.69. The Morgan fingerprint density at radius 2 is 2.10 bits per heavy atom. The van der Waals surface area contributed by atoms with Crippen molar-refractivity contribution in [2.45, 2.75) is 20.3 Å². The first-order valence-electron chi connectivity index (χ1n) is 6.47. The zero-order valence-electron chi connectivity index (χ0n) is 11.6. The number of aryl methyl sites for hydroxylation is 2. The maximum absolute atomic E-state index is 13.1. The van der Waals surface area contributed by atoms with Crippen LogP contribution >= 0.6 is 0 Å². The molecule has 1 heterocycles. The number of halogens is 1. The Kier molecular flexibility index (Phi) is 4.31. The van der Waals surface area contributed by atoms with Crippen molar-refractivity contribution in [1.29, 1.82) is 5.26 Å². The Labute approximate surface area is 118 Å². The van der Waals surface area contributed by atoms with Gasteiger partial charge in [-0.15, -0.1) is 0 Å². The molecular weight excluding hydrogens is 253 g/mol. The zero-order valence-corrected chi connectivity index (χ0v) is 11.6. The van der Waals surface area contributed by atoms with Crippen molar-refractivity contribution in [2.75, 3.05) is 11.9 Å². The topological polar surface area (TPSA) is 48.7 Å². The second-order valence-corrected chi connectivity index (χ2v) is 4.69. The van der Waals surface area contributed by atoms with Gasteiger partial charge in [-0.3, -0.25) is 4.98 Å². The Morgan fingerprint density at radius 1 is 1.30 bits per heavy atom. The highest BCUT2D eigenvalue weighted by Crippen LogP contribution is 2.18. The third-order valence-corrected chi connectivity index (χ3v) is 3.06. The van der Waals surface area contributed by atoms with Crippen LogP contribution in [0.3, 0.4) is 0 Å². The van der Waals surface area contributed by atoms with Crippen molar-refractivity contribution >= 4 is 5.69 Å². The second kappa shape index (κ2) is 6.16. The molecule has 0 fully saturated rings. The normalized spacial score (nSPS) is 10.1. The van der Waals surface area contributed by atoms with Crippen LogP contribution in [0, 0.1) is 31.0 Å². The predicted octanol–water partition coefficient (Wildman–Crippen LogP) is 3.36. The Bertz CT molecular complexity index is 659. The van der Waals surface area contributed by atoms with Crippen molar-refractivity contribution in [3.8, 4) is 6.07 Å². The van der Waals surface area contributed by atoms with E-state index >= 15 is 0 Å². The number of benzene rings is 1. The molecule has 2 rings (SSSR count). The number of nitrogens with zero attached hydrogens (tertiary/aromatic N) is 2.